The number of allylic oxidation sites excluding steroid dienone is 2. The fraction of sp³-hybridized carbons (Fsp3) is 0.500. The van der Waals surface area contributed by atoms with Crippen LogP contribution in [0.1, 0.15) is 86.5 Å². The van der Waals surface area contributed by atoms with E-state index < -0.39 is 11.6 Å². The number of rotatable bonds is 7. The van der Waals surface area contributed by atoms with E-state index >= 15 is 8.78 Å². The average molecular weight is 443 g/mol. The van der Waals surface area contributed by atoms with Crippen LogP contribution in [0.25, 0.3) is 5.57 Å². The molecular formula is C28H33F3O. The first-order chi connectivity index (χ1) is 15.5. The van der Waals surface area contributed by atoms with Crippen molar-refractivity contribution >= 4 is 5.57 Å². The van der Waals surface area contributed by atoms with Crippen molar-refractivity contribution < 1.29 is 17.9 Å². The van der Waals surface area contributed by atoms with Gasteiger partial charge in [-0.1, -0.05) is 56.9 Å². The topological polar surface area (TPSA) is 9.23 Å². The van der Waals surface area contributed by atoms with Gasteiger partial charge < -0.3 is 4.74 Å². The normalized spacial score (nSPS) is 20.6. The van der Waals surface area contributed by atoms with Gasteiger partial charge in [-0.15, -0.1) is 0 Å². The molecule has 4 heteroatoms. The molecule has 1 fully saturated rings. The molecule has 0 atom stereocenters. The lowest BCUT2D eigenvalue weighted by Crippen LogP contribution is -2.15. The zero-order valence-corrected chi connectivity index (χ0v) is 19.2. The summed E-state index contributed by atoms with van der Waals surface area (Å²) in [6, 6.07) is 6.90. The molecule has 2 aliphatic rings. The lowest BCUT2D eigenvalue weighted by atomic mass is 9.76. The first-order valence-corrected chi connectivity index (χ1v) is 12.0. The van der Waals surface area contributed by atoms with E-state index in [2.05, 4.69) is 6.92 Å². The van der Waals surface area contributed by atoms with Crippen LogP contribution in [0.15, 0.2) is 30.3 Å². The number of hydrogen-bond donors (Lipinski definition) is 0. The molecule has 0 aliphatic heterocycles. The Morgan fingerprint density at radius 2 is 1.69 bits per heavy atom. The summed E-state index contributed by atoms with van der Waals surface area (Å²) in [6.07, 6.45) is 11.7. The van der Waals surface area contributed by atoms with Crippen molar-refractivity contribution in [1.82, 2.24) is 0 Å². The molecule has 2 aromatic rings. The Morgan fingerprint density at radius 3 is 2.41 bits per heavy atom. The molecule has 1 nitrogen and oxygen atoms in total. The molecule has 0 radical (unpaired) electrons. The Kier molecular flexibility index (Phi) is 7.27. The van der Waals surface area contributed by atoms with Crippen LogP contribution in [0.3, 0.4) is 0 Å². The van der Waals surface area contributed by atoms with Gasteiger partial charge in [0.15, 0.2) is 23.2 Å². The Hall–Kier alpha value is -2.23. The van der Waals surface area contributed by atoms with Crippen molar-refractivity contribution in [3.05, 3.63) is 70.0 Å². The number of ether oxygens (including phenoxy) is 1. The van der Waals surface area contributed by atoms with E-state index in [4.69, 9.17) is 4.74 Å². The Morgan fingerprint density at radius 1 is 0.906 bits per heavy atom. The standard InChI is InChI=1S/C28H33F3O/c1-3-4-5-6-18-7-9-19(10-8-18)22-14-15-24(28(31)27(22)30)20-11-13-23-21(17-20)12-16-25(32-2)26(23)29/h11-12,14-16,18-19H,3-10,13,17H2,1-2H3. The van der Waals surface area contributed by atoms with E-state index in [1.165, 1.54) is 32.8 Å². The van der Waals surface area contributed by atoms with Crippen LogP contribution in [0.4, 0.5) is 13.2 Å². The number of methoxy groups -OCH3 is 1. The van der Waals surface area contributed by atoms with Crippen molar-refractivity contribution in [3.8, 4) is 5.75 Å². The predicted octanol–water partition coefficient (Wildman–Crippen LogP) is 8.15. The highest BCUT2D eigenvalue weighted by molar-refractivity contribution is 5.71. The monoisotopic (exact) mass is 442 g/mol. The molecule has 32 heavy (non-hydrogen) atoms. The molecule has 2 aromatic carbocycles. The lowest BCUT2D eigenvalue weighted by molar-refractivity contribution is 0.298. The highest BCUT2D eigenvalue weighted by atomic mass is 19.2. The molecule has 0 unspecified atom stereocenters. The second-order valence-corrected chi connectivity index (χ2v) is 9.37. The molecule has 0 aromatic heterocycles. The molecule has 2 aliphatic carbocycles. The third-order valence-electron chi connectivity index (χ3n) is 7.42. The van der Waals surface area contributed by atoms with Gasteiger partial charge in [-0.25, -0.2) is 13.2 Å². The van der Waals surface area contributed by atoms with Gasteiger partial charge in [-0.2, -0.15) is 0 Å². The summed E-state index contributed by atoms with van der Waals surface area (Å²) in [5.74, 6) is -0.796. The minimum Gasteiger partial charge on any atom is -0.494 e. The molecule has 0 bridgehead atoms. The fourth-order valence-corrected chi connectivity index (χ4v) is 5.46. The minimum absolute atomic E-state index is 0.101. The highest BCUT2D eigenvalue weighted by Gasteiger charge is 2.27. The zero-order chi connectivity index (χ0) is 22.7. The molecular weight excluding hydrogens is 409 g/mol. The van der Waals surface area contributed by atoms with Crippen molar-refractivity contribution in [2.75, 3.05) is 7.11 Å². The lowest BCUT2D eigenvalue weighted by Gasteiger charge is -2.29. The fourth-order valence-electron chi connectivity index (χ4n) is 5.46. The van der Waals surface area contributed by atoms with E-state index in [-0.39, 0.29) is 17.5 Å². The Balaban J connectivity index is 1.48. The van der Waals surface area contributed by atoms with Crippen LogP contribution in [-0.2, 0) is 12.8 Å². The van der Waals surface area contributed by atoms with Crippen molar-refractivity contribution in [3.63, 3.8) is 0 Å². The third-order valence-corrected chi connectivity index (χ3v) is 7.42. The second kappa shape index (κ2) is 10.1. The van der Waals surface area contributed by atoms with E-state index in [1.807, 2.05) is 12.1 Å². The summed E-state index contributed by atoms with van der Waals surface area (Å²) in [7, 11) is 1.44. The van der Waals surface area contributed by atoms with Crippen LogP contribution in [-0.4, -0.2) is 7.11 Å². The molecule has 0 N–H and O–H groups in total. The number of benzene rings is 2. The molecule has 0 spiro atoms. The Labute approximate surface area is 189 Å². The summed E-state index contributed by atoms with van der Waals surface area (Å²) >= 11 is 0. The average Bonchev–Trinajstić information content (AvgIpc) is 2.82. The molecule has 0 saturated heterocycles. The first-order valence-electron chi connectivity index (χ1n) is 12.0. The maximum atomic E-state index is 15.1. The zero-order valence-electron chi connectivity index (χ0n) is 19.2. The number of unbranched alkanes of at least 4 members (excludes halogenated alkanes) is 2. The summed E-state index contributed by atoms with van der Waals surface area (Å²) in [5.41, 5.74) is 2.89. The van der Waals surface area contributed by atoms with Crippen molar-refractivity contribution in [1.29, 1.82) is 0 Å². The van der Waals surface area contributed by atoms with Crippen LogP contribution >= 0.6 is 0 Å². The summed E-state index contributed by atoms with van der Waals surface area (Å²) in [5, 5.41) is 0. The van der Waals surface area contributed by atoms with Gasteiger partial charge in [0.25, 0.3) is 0 Å². The van der Waals surface area contributed by atoms with Gasteiger partial charge >= 0.3 is 0 Å². The molecule has 4 rings (SSSR count). The summed E-state index contributed by atoms with van der Waals surface area (Å²) < 4.78 is 49.8. The van der Waals surface area contributed by atoms with Gasteiger partial charge in [-0.05, 0) is 78.7 Å². The van der Waals surface area contributed by atoms with Gasteiger partial charge in [0.05, 0.1) is 7.11 Å². The van der Waals surface area contributed by atoms with Gasteiger partial charge in [0.2, 0.25) is 0 Å². The van der Waals surface area contributed by atoms with E-state index in [0.29, 0.717) is 35.1 Å². The van der Waals surface area contributed by atoms with Gasteiger partial charge in [0, 0.05) is 5.56 Å². The minimum atomic E-state index is -0.767. The Bertz CT molecular complexity index is 987. The predicted molar refractivity (Wildman–Crippen MR) is 124 cm³/mol. The number of fused-ring (bicyclic) bond motifs is 1. The van der Waals surface area contributed by atoms with Gasteiger partial charge in [0.1, 0.15) is 0 Å². The molecule has 172 valence electrons. The molecule has 1 saturated carbocycles. The third kappa shape index (κ3) is 4.60. The van der Waals surface area contributed by atoms with E-state index in [1.54, 1.807) is 18.2 Å². The quantitative estimate of drug-likeness (QED) is 0.393. The van der Waals surface area contributed by atoms with E-state index in [0.717, 1.165) is 37.2 Å². The molecule has 0 heterocycles. The van der Waals surface area contributed by atoms with Gasteiger partial charge in [-0.3, -0.25) is 0 Å². The number of hydrogen-bond acceptors (Lipinski definition) is 1. The van der Waals surface area contributed by atoms with Crippen LogP contribution in [0.5, 0.6) is 5.75 Å². The van der Waals surface area contributed by atoms with Crippen LogP contribution in [0.2, 0.25) is 0 Å². The number of halogens is 3. The van der Waals surface area contributed by atoms with Crippen molar-refractivity contribution in [2.24, 2.45) is 5.92 Å². The van der Waals surface area contributed by atoms with E-state index in [9.17, 15) is 4.39 Å². The summed E-state index contributed by atoms with van der Waals surface area (Å²) in [6.45, 7) is 2.22. The maximum absolute atomic E-state index is 15.1. The highest BCUT2D eigenvalue weighted by Crippen LogP contribution is 2.41. The summed E-state index contributed by atoms with van der Waals surface area (Å²) in [4.78, 5) is 0. The smallest absolute Gasteiger partial charge is 0.168 e. The largest absolute Gasteiger partial charge is 0.494 e. The first kappa shape index (κ1) is 22.9. The van der Waals surface area contributed by atoms with Crippen LogP contribution < -0.4 is 4.74 Å². The van der Waals surface area contributed by atoms with Crippen LogP contribution in [0, 0.1) is 23.4 Å². The second-order valence-electron chi connectivity index (χ2n) is 9.37. The van der Waals surface area contributed by atoms with Crippen molar-refractivity contribution in [2.45, 2.75) is 77.0 Å². The SMILES string of the molecule is CCCCCC1CCC(c2ccc(C3=CCc4c(ccc(OC)c4F)C3)c(F)c2F)CC1. The molecule has 0 amide bonds. The maximum Gasteiger partial charge on any atom is 0.168 e.